The summed E-state index contributed by atoms with van der Waals surface area (Å²) in [5, 5.41) is 11.4. The van der Waals surface area contributed by atoms with Gasteiger partial charge in [0.15, 0.2) is 0 Å². The molecular weight excluding hydrogens is 490 g/mol. The lowest BCUT2D eigenvalue weighted by atomic mass is 9.95. The van der Waals surface area contributed by atoms with E-state index in [0.29, 0.717) is 47.9 Å². The van der Waals surface area contributed by atoms with Gasteiger partial charge in [-0.1, -0.05) is 60.7 Å². The first-order valence-electron chi connectivity index (χ1n) is 12.9. The summed E-state index contributed by atoms with van der Waals surface area (Å²) in [6.45, 7) is 2.71. The number of hydrogen-bond acceptors (Lipinski definition) is 5. The number of aliphatic hydroxyl groups excluding tert-OH is 1. The van der Waals surface area contributed by atoms with Crippen LogP contribution in [0.5, 0.6) is 17.2 Å². The highest BCUT2D eigenvalue weighted by atomic mass is 16.5. The van der Waals surface area contributed by atoms with Crippen LogP contribution in [0.2, 0.25) is 0 Å². The largest absolute Gasteiger partial charge is 0.507 e. The molecule has 5 rings (SSSR count). The van der Waals surface area contributed by atoms with Gasteiger partial charge in [0, 0.05) is 12.1 Å². The van der Waals surface area contributed by atoms with Crippen molar-refractivity contribution in [1.29, 1.82) is 0 Å². The van der Waals surface area contributed by atoms with Gasteiger partial charge < -0.3 is 19.5 Å². The Bertz CT molecular complexity index is 1480. The van der Waals surface area contributed by atoms with Crippen LogP contribution in [0.25, 0.3) is 5.76 Å². The molecule has 1 amide bonds. The Morgan fingerprint density at radius 2 is 1.46 bits per heavy atom. The molecule has 0 aromatic heterocycles. The number of Topliss-reactive ketones (excluding diaryl/α,β-unsaturated/α-hetero) is 1. The molecule has 1 aliphatic heterocycles. The highest BCUT2D eigenvalue weighted by Crippen LogP contribution is 2.41. The Morgan fingerprint density at radius 3 is 2.15 bits per heavy atom. The SMILES string of the molecule is CCOc1ccc(/C(O)=C2\C(=O)C(=O)N(CCc3ccccc3)C2c2cccc(Oc3ccccc3)c2)cc1. The number of aliphatic hydroxyl groups is 1. The average molecular weight is 520 g/mol. The second-order valence-electron chi connectivity index (χ2n) is 9.17. The van der Waals surface area contributed by atoms with Crippen LogP contribution in [0.15, 0.2) is 115 Å². The van der Waals surface area contributed by atoms with Crippen molar-refractivity contribution in [3.8, 4) is 17.2 Å². The Morgan fingerprint density at radius 1 is 0.795 bits per heavy atom. The number of ketones is 1. The maximum atomic E-state index is 13.4. The molecule has 6 nitrogen and oxygen atoms in total. The maximum Gasteiger partial charge on any atom is 0.295 e. The number of benzene rings is 4. The van der Waals surface area contributed by atoms with E-state index < -0.39 is 17.7 Å². The number of ether oxygens (including phenoxy) is 2. The monoisotopic (exact) mass is 519 g/mol. The van der Waals surface area contributed by atoms with Crippen LogP contribution in [0.4, 0.5) is 0 Å². The van der Waals surface area contributed by atoms with Gasteiger partial charge in [-0.25, -0.2) is 0 Å². The lowest BCUT2D eigenvalue weighted by Gasteiger charge is -2.26. The molecular formula is C33H29NO5. The molecule has 0 bridgehead atoms. The summed E-state index contributed by atoms with van der Waals surface area (Å²) >= 11 is 0. The molecule has 1 unspecified atom stereocenters. The van der Waals surface area contributed by atoms with Gasteiger partial charge in [-0.05, 0) is 73.0 Å². The van der Waals surface area contributed by atoms with Crippen LogP contribution in [0.1, 0.15) is 29.7 Å². The van der Waals surface area contributed by atoms with E-state index in [9.17, 15) is 14.7 Å². The smallest absolute Gasteiger partial charge is 0.295 e. The lowest BCUT2D eigenvalue weighted by molar-refractivity contribution is -0.139. The van der Waals surface area contributed by atoms with Gasteiger partial charge in [-0.3, -0.25) is 9.59 Å². The fraction of sp³-hybridized carbons (Fsp3) is 0.152. The third-order valence-electron chi connectivity index (χ3n) is 6.62. The molecule has 1 heterocycles. The van der Waals surface area contributed by atoms with Crippen molar-refractivity contribution >= 4 is 17.4 Å². The van der Waals surface area contributed by atoms with E-state index in [1.807, 2.05) is 91.9 Å². The zero-order valence-corrected chi connectivity index (χ0v) is 21.6. The molecule has 4 aromatic carbocycles. The topological polar surface area (TPSA) is 76.1 Å². The van der Waals surface area contributed by atoms with Crippen molar-refractivity contribution in [3.05, 3.63) is 131 Å². The van der Waals surface area contributed by atoms with Gasteiger partial charge in [0.1, 0.15) is 23.0 Å². The maximum absolute atomic E-state index is 13.4. The van der Waals surface area contributed by atoms with Crippen molar-refractivity contribution in [2.45, 2.75) is 19.4 Å². The Kier molecular flexibility index (Phi) is 7.73. The Hall–Kier alpha value is -4.84. The number of nitrogens with zero attached hydrogens (tertiary/aromatic N) is 1. The number of amides is 1. The molecule has 1 fully saturated rings. The quantitative estimate of drug-likeness (QED) is 0.154. The van der Waals surface area contributed by atoms with Crippen LogP contribution in [0, 0.1) is 0 Å². The van der Waals surface area contributed by atoms with Gasteiger partial charge >= 0.3 is 0 Å². The summed E-state index contributed by atoms with van der Waals surface area (Å²) in [5.41, 5.74) is 2.20. The molecule has 6 heteroatoms. The van der Waals surface area contributed by atoms with E-state index in [1.165, 1.54) is 4.90 Å². The Labute approximate surface area is 227 Å². The molecule has 0 saturated carbocycles. The minimum atomic E-state index is -0.778. The molecule has 0 radical (unpaired) electrons. The van der Waals surface area contributed by atoms with Crippen LogP contribution in [-0.2, 0) is 16.0 Å². The molecule has 39 heavy (non-hydrogen) atoms. The first kappa shape index (κ1) is 25.8. The van der Waals surface area contributed by atoms with E-state index in [2.05, 4.69) is 0 Å². The molecule has 4 aromatic rings. The summed E-state index contributed by atoms with van der Waals surface area (Å²) in [7, 11) is 0. The van der Waals surface area contributed by atoms with Gasteiger partial charge in [0.25, 0.3) is 11.7 Å². The predicted molar refractivity (Wildman–Crippen MR) is 150 cm³/mol. The summed E-state index contributed by atoms with van der Waals surface area (Å²) < 4.78 is 11.5. The molecule has 1 saturated heterocycles. The fourth-order valence-electron chi connectivity index (χ4n) is 4.76. The number of hydrogen-bond donors (Lipinski definition) is 1. The number of carbonyl (C=O) groups excluding carboxylic acids is 2. The number of likely N-dealkylation sites (tertiary alicyclic amines) is 1. The van der Waals surface area contributed by atoms with Crippen molar-refractivity contribution in [3.63, 3.8) is 0 Å². The lowest BCUT2D eigenvalue weighted by Crippen LogP contribution is -2.31. The predicted octanol–water partition coefficient (Wildman–Crippen LogP) is 6.54. The van der Waals surface area contributed by atoms with E-state index in [-0.39, 0.29) is 11.3 Å². The third kappa shape index (κ3) is 5.70. The minimum absolute atomic E-state index is 0.0501. The first-order valence-corrected chi connectivity index (χ1v) is 12.9. The summed E-state index contributed by atoms with van der Waals surface area (Å²) in [5.74, 6) is 0.305. The van der Waals surface area contributed by atoms with Crippen molar-refractivity contribution in [2.75, 3.05) is 13.2 Å². The normalized spacial score (nSPS) is 16.3. The molecule has 1 N–H and O–H groups in total. The molecule has 1 atom stereocenters. The summed E-state index contributed by atoms with van der Waals surface area (Å²) in [6.07, 6.45) is 0.563. The second-order valence-corrected chi connectivity index (χ2v) is 9.17. The highest BCUT2D eigenvalue weighted by Gasteiger charge is 2.46. The minimum Gasteiger partial charge on any atom is -0.507 e. The van der Waals surface area contributed by atoms with E-state index in [0.717, 1.165) is 5.56 Å². The van der Waals surface area contributed by atoms with Crippen LogP contribution >= 0.6 is 0 Å². The van der Waals surface area contributed by atoms with E-state index >= 15 is 0 Å². The van der Waals surface area contributed by atoms with Gasteiger partial charge in [-0.15, -0.1) is 0 Å². The first-order chi connectivity index (χ1) is 19.0. The van der Waals surface area contributed by atoms with Crippen LogP contribution in [-0.4, -0.2) is 34.8 Å². The van der Waals surface area contributed by atoms with E-state index in [4.69, 9.17) is 9.47 Å². The summed E-state index contributed by atoms with van der Waals surface area (Å²) in [4.78, 5) is 28.3. The van der Waals surface area contributed by atoms with Crippen molar-refractivity contribution in [2.24, 2.45) is 0 Å². The van der Waals surface area contributed by atoms with Crippen LogP contribution in [0.3, 0.4) is 0 Å². The Balaban J connectivity index is 1.55. The summed E-state index contributed by atoms with van der Waals surface area (Å²) in [6, 6.07) is 32.5. The number of carbonyl (C=O) groups is 2. The zero-order chi connectivity index (χ0) is 27.2. The molecule has 0 aliphatic carbocycles. The number of para-hydroxylation sites is 1. The molecule has 196 valence electrons. The van der Waals surface area contributed by atoms with Gasteiger partial charge in [0.2, 0.25) is 0 Å². The van der Waals surface area contributed by atoms with E-state index in [1.54, 1.807) is 24.3 Å². The van der Waals surface area contributed by atoms with Crippen LogP contribution < -0.4 is 9.47 Å². The number of rotatable bonds is 9. The molecule has 1 aliphatic rings. The standard InChI is InChI=1S/C33H29NO5/c1-2-38-26-18-16-24(17-19-26)31(35)29-30(25-12-9-15-28(22-25)39-27-13-7-4-8-14-27)34(33(37)32(29)36)21-20-23-10-5-3-6-11-23/h3-19,22,30,35H,2,20-21H2,1H3/b31-29+. The second kappa shape index (κ2) is 11.7. The van der Waals surface area contributed by atoms with Gasteiger partial charge in [0.05, 0.1) is 18.2 Å². The molecule has 0 spiro atoms. The fourth-order valence-corrected chi connectivity index (χ4v) is 4.76. The van der Waals surface area contributed by atoms with Crippen molar-refractivity contribution < 1.29 is 24.2 Å². The highest BCUT2D eigenvalue weighted by molar-refractivity contribution is 6.46. The third-order valence-corrected chi connectivity index (χ3v) is 6.62. The average Bonchev–Trinajstić information content (AvgIpc) is 3.22. The van der Waals surface area contributed by atoms with Crippen molar-refractivity contribution in [1.82, 2.24) is 4.90 Å². The zero-order valence-electron chi connectivity index (χ0n) is 21.6. The van der Waals surface area contributed by atoms with Gasteiger partial charge in [-0.2, -0.15) is 0 Å².